The van der Waals surface area contributed by atoms with Crippen molar-refractivity contribution in [2.45, 2.75) is 51.6 Å². The van der Waals surface area contributed by atoms with E-state index in [1.807, 2.05) is 12.1 Å². The monoisotopic (exact) mass is 265 g/mol. The van der Waals surface area contributed by atoms with Gasteiger partial charge in [-0.25, -0.2) is 4.39 Å². The number of halogens is 1. The topological polar surface area (TPSA) is 21.3 Å². The van der Waals surface area contributed by atoms with Gasteiger partial charge in [0.05, 0.1) is 7.11 Å². The molecule has 1 aromatic rings. The molecule has 0 saturated heterocycles. The maximum atomic E-state index is 14.0. The lowest BCUT2D eigenvalue weighted by molar-refractivity contribution is 0.279. The van der Waals surface area contributed by atoms with Crippen LogP contribution < -0.4 is 10.1 Å². The number of hydrogen-bond acceptors (Lipinski definition) is 2. The molecule has 19 heavy (non-hydrogen) atoms. The second-order valence-corrected chi connectivity index (χ2v) is 5.50. The molecule has 0 amide bonds. The SMILES string of the molecule is COc1cccc(CN[C@H](C)C2CCCCC2)c1F. The second kappa shape index (κ2) is 6.90. The molecule has 0 heterocycles. The Hall–Kier alpha value is -1.09. The van der Waals surface area contributed by atoms with Crippen LogP contribution in [0, 0.1) is 11.7 Å². The van der Waals surface area contributed by atoms with Gasteiger partial charge in [-0.15, -0.1) is 0 Å². The van der Waals surface area contributed by atoms with Crippen LogP contribution in [-0.4, -0.2) is 13.2 Å². The third-order valence-corrected chi connectivity index (χ3v) is 4.23. The first-order valence-electron chi connectivity index (χ1n) is 7.27. The summed E-state index contributed by atoms with van der Waals surface area (Å²) in [6.45, 7) is 2.79. The molecular formula is C16H24FNO. The molecule has 1 fully saturated rings. The van der Waals surface area contributed by atoms with Gasteiger partial charge in [-0.1, -0.05) is 31.4 Å². The van der Waals surface area contributed by atoms with Crippen LogP contribution in [0.4, 0.5) is 4.39 Å². The average molecular weight is 265 g/mol. The fourth-order valence-corrected chi connectivity index (χ4v) is 2.92. The summed E-state index contributed by atoms with van der Waals surface area (Å²) in [7, 11) is 1.50. The minimum Gasteiger partial charge on any atom is -0.494 e. The van der Waals surface area contributed by atoms with Crippen molar-refractivity contribution in [3.8, 4) is 5.75 Å². The predicted octanol–water partition coefficient (Wildman–Crippen LogP) is 3.89. The fraction of sp³-hybridized carbons (Fsp3) is 0.625. The van der Waals surface area contributed by atoms with E-state index in [2.05, 4.69) is 12.2 Å². The van der Waals surface area contributed by atoms with Crippen molar-refractivity contribution >= 4 is 0 Å². The quantitative estimate of drug-likeness (QED) is 0.872. The second-order valence-electron chi connectivity index (χ2n) is 5.50. The molecule has 0 bridgehead atoms. The Kier molecular flexibility index (Phi) is 5.20. The highest BCUT2D eigenvalue weighted by Gasteiger charge is 2.20. The zero-order valence-corrected chi connectivity index (χ0v) is 11.9. The Morgan fingerprint density at radius 3 is 2.74 bits per heavy atom. The third kappa shape index (κ3) is 3.69. The zero-order valence-electron chi connectivity index (χ0n) is 11.9. The Balaban J connectivity index is 1.91. The lowest BCUT2D eigenvalue weighted by Crippen LogP contribution is -2.34. The summed E-state index contributed by atoms with van der Waals surface area (Å²) in [5.41, 5.74) is 0.682. The van der Waals surface area contributed by atoms with Crippen molar-refractivity contribution in [3.63, 3.8) is 0 Å². The van der Waals surface area contributed by atoms with Crippen molar-refractivity contribution in [2.24, 2.45) is 5.92 Å². The first-order chi connectivity index (χ1) is 9.22. The van der Waals surface area contributed by atoms with Gasteiger partial charge in [0.15, 0.2) is 11.6 Å². The highest BCUT2D eigenvalue weighted by atomic mass is 19.1. The molecule has 1 aliphatic rings. The molecular weight excluding hydrogens is 241 g/mol. The van der Waals surface area contributed by atoms with Crippen molar-refractivity contribution in [1.29, 1.82) is 0 Å². The Labute approximate surface area is 115 Å². The lowest BCUT2D eigenvalue weighted by atomic mass is 9.84. The molecule has 0 unspecified atom stereocenters. The van der Waals surface area contributed by atoms with E-state index in [1.54, 1.807) is 6.07 Å². The summed E-state index contributed by atoms with van der Waals surface area (Å²) in [5.74, 6) is 0.820. The molecule has 1 N–H and O–H groups in total. The Morgan fingerprint density at radius 2 is 2.05 bits per heavy atom. The molecule has 1 saturated carbocycles. The summed E-state index contributed by atoms with van der Waals surface area (Å²) in [6.07, 6.45) is 6.64. The number of ether oxygens (including phenoxy) is 1. The first-order valence-corrected chi connectivity index (χ1v) is 7.27. The molecule has 0 spiro atoms. The number of methoxy groups -OCH3 is 1. The normalized spacial score (nSPS) is 18.3. The molecule has 2 nitrogen and oxygen atoms in total. The van der Waals surface area contributed by atoms with Crippen molar-refractivity contribution in [1.82, 2.24) is 5.32 Å². The summed E-state index contributed by atoms with van der Waals surface area (Å²) < 4.78 is 19.0. The van der Waals surface area contributed by atoms with Gasteiger partial charge in [0.25, 0.3) is 0 Å². The largest absolute Gasteiger partial charge is 0.494 e. The van der Waals surface area contributed by atoms with Crippen molar-refractivity contribution in [3.05, 3.63) is 29.6 Å². The van der Waals surface area contributed by atoms with E-state index in [1.165, 1.54) is 39.2 Å². The summed E-state index contributed by atoms with van der Waals surface area (Å²) in [4.78, 5) is 0. The smallest absolute Gasteiger partial charge is 0.169 e. The Bertz CT molecular complexity index is 402. The van der Waals surface area contributed by atoms with Gasteiger partial charge in [-0.05, 0) is 31.7 Å². The minimum atomic E-state index is -0.242. The van der Waals surface area contributed by atoms with E-state index < -0.39 is 0 Å². The van der Waals surface area contributed by atoms with Crippen LogP contribution in [0.3, 0.4) is 0 Å². The van der Waals surface area contributed by atoms with Crippen LogP contribution in [0.25, 0.3) is 0 Å². The van der Waals surface area contributed by atoms with Crippen LogP contribution in [0.15, 0.2) is 18.2 Å². The van der Waals surface area contributed by atoms with Crippen LogP contribution in [0.2, 0.25) is 0 Å². The van der Waals surface area contributed by atoms with Crippen molar-refractivity contribution < 1.29 is 9.13 Å². The minimum absolute atomic E-state index is 0.242. The number of benzene rings is 1. The van der Waals surface area contributed by atoms with Gasteiger partial charge < -0.3 is 10.1 Å². The van der Waals surface area contributed by atoms with E-state index in [0.717, 1.165) is 5.92 Å². The highest BCUT2D eigenvalue weighted by molar-refractivity contribution is 5.30. The highest BCUT2D eigenvalue weighted by Crippen LogP contribution is 2.27. The summed E-state index contributed by atoms with van der Waals surface area (Å²) in [6, 6.07) is 5.76. The maximum Gasteiger partial charge on any atom is 0.169 e. The molecule has 1 atom stereocenters. The van der Waals surface area contributed by atoms with Crippen LogP contribution in [0.1, 0.15) is 44.6 Å². The third-order valence-electron chi connectivity index (χ3n) is 4.23. The molecule has 1 aromatic carbocycles. The van der Waals surface area contributed by atoms with Crippen molar-refractivity contribution in [2.75, 3.05) is 7.11 Å². The standard InChI is InChI=1S/C16H24FNO/c1-12(13-7-4-3-5-8-13)18-11-14-9-6-10-15(19-2)16(14)17/h6,9-10,12-13,18H,3-5,7-8,11H2,1-2H3/t12-/m1/s1. The van der Waals surface area contributed by atoms with Crippen LogP contribution in [0.5, 0.6) is 5.75 Å². The molecule has 106 valence electrons. The number of hydrogen-bond donors (Lipinski definition) is 1. The Morgan fingerprint density at radius 1 is 1.32 bits per heavy atom. The van der Waals surface area contributed by atoms with Gasteiger partial charge in [-0.2, -0.15) is 0 Å². The van der Waals surface area contributed by atoms with E-state index in [9.17, 15) is 4.39 Å². The van der Waals surface area contributed by atoms with E-state index in [-0.39, 0.29) is 5.82 Å². The van der Waals surface area contributed by atoms with Gasteiger partial charge >= 0.3 is 0 Å². The first kappa shape index (κ1) is 14.3. The van der Waals surface area contributed by atoms with Gasteiger partial charge in [0.2, 0.25) is 0 Å². The van der Waals surface area contributed by atoms with E-state index in [4.69, 9.17) is 4.74 Å². The number of rotatable bonds is 5. The van der Waals surface area contributed by atoms with Gasteiger partial charge in [0, 0.05) is 18.2 Å². The molecule has 1 aliphatic carbocycles. The number of nitrogens with one attached hydrogen (secondary N) is 1. The van der Waals surface area contributed by atoms with E-state index in [0.29, 0.717) is 23.9 Å². The predicted molar refractivity (Wildman–Crippen MR) is 75.8 cm³/mol. The molecule has 0 aromatic heterocycles. The summed E-state index contributed by atoms with van der Waals surface area (Å²) >= 11 is 0. The zero-order chi connectivity index (χ0) is 13.7. The fourth-order valence-electron chi connectivity index (χ4n) is 2.92. The van der Waals surface area contributed by atoms with Crippen LogP contribution in [-0.2, 0) is 6.54 Å². The van der Waals surface area contributed by atoms with Crippen LogP contribution >= 0.6 is 0 Å². The average Bonchev–Trinajstić information content (AvgIpc) is 2.47. The van der Waals surface area contributed by atoms with Gasteiger partial charge in [0.1, 0.15) is 0 Å². The molecule has 0 aliphatic heterocycles. The molecule has 3 heteroatoms. The molecule has 0 radical (unpaired) electrons. The van der Waals surface area contributed by atoms with Gasteiger partial charge in [-0.3, -0.25) is 0 Å². The van der Waals surface area contributed by atoms with E-state index >= 15 is 0 Å². The maximum absolute atomic E-state index is 14.0. The summed E-state index contributed by atoms with van der Waals surface area (Å²) in [5, 5.41) is 3.47. The lowest BCUT2D eigenvalue weighted by Gasteiger charge is -2.28. The molecule has 2 rings (SSSR count).